The standard InChI is InChI=1S/C22H23N3O3/c1-4-14-8-9-17-15(13-14)20(26)18-19(16-7-5-6-10-23-16)25(12-11-24(2)3)22(27)21(18)28-17/h5-10,13,19H,4,11-12H2,1-3H3. The van der Waals surface area contributed by atoms with Gasteiger partial charge in [-0.2, -0.15) is 0 Å². The van der Waals surface area contributed by atoms with E-state index < -0.39 is 6.04 Å². The van der Waals surface area contributed by atoms with Gasteiger partial charge in [-0.15, -0.1) is 0 Å². The molecule has 2 aromatic heterocycles. The number of carbonyl (C=O) groups excluding carboxylic acids is 1. The van der Waals surface area contributed by atoms with E-state index in [1.807, 2.05) is 56.3 Å². The summed E-state index contributed by atoms with van der Waals surface area (Å²) < 4.78 is 5.95. The molecule has 6 nitrogen and oxygen atoms in total. The van der Waals surface area contributed by atoms with Gasteiger partial charge in [-0.25, -0.2) is 0 Å². The second kappa shape index (κ2) is 7.20. The Morgan fingerprint density at radius 1 is 1.18 bits per heavy atom. The molecule has 0 aliphatic carbocycles. The Kier molecular flexibility index (Phi) is 4.73. The molecule has 4 rings (SSSR count). The number of hydrogen-bond acceptors (Lipinski definition) is 5. The summed E-state index contributed by atoms with van der Waals surface area (Å²) in [6.07, 6.45) is 2.50. The minimum Gasteiger partial charge on any atom is -0.450 e. The third-order valence-corrected chi connectivity index (χ3v) is 5.19. The minimum absolute atomic E-state index is 0.135. The van der Waals surface area contributed by atoms with Gasteiger partial charge >= 0.3 is 0 Å². The van der Waals surface area contributed by atoms with Crippen LogP contribution < -0.4 is 5.43 Å². The molecule has 0 saturated carbocycles. The van der Waals surface area contributed by atoms with E-state index in [0.29, 0.717) is 35.3 Å². The van der Waals surface area contributed by atoms with Crippen molar-refractivity contribution in [1.82, 2.24) is 14.8 Å². The Morgan fingerprint density at radius 2 is 2.00 bits per heavy atom. The Bertz CT molecular complexity index is 1090. The second-order valence-electron chi connectivity index (χ2n) is 7.32. The van der Waals surface area contributed by atoms with Crippen molar-refractivity contribution >= 4 is 16.9 Å². The summed E-state index contributed by atoms with van der Waals surface area (Å²) in [6.45, 7) is 3.20. The van der Waals surface area contributed by atoms with Crippen molar-refractivity contribution in [2.45, 2.75) is 19.4 Å². The second-order valence-corrected chi connectivity index (χ2v) is 7.32. The van der Waals surface area contributed by atoms with Gasteiger partial charge in [0.2, 0.25) is 5.76 Å². The third-order valence-electron chi connectivity index (χ3n) is 5.19. The van der Waals surface area contributed by atoms with Gasteiger partial charge in [0, 0.05) is 19.3 Å². The third kappa shape index (κ3) is 2.99. The zero-order chi connectivity index (χ0) is 19.8. The predicted octanol–water partition coefficient (Wildman–Crippen LogP) is 2.86. The molecule has 1 aliphatic heterocycles. The summed E-state index contributed by atoms with van der Waals surface area (Å²) in [4.78, 5) is 34.7. The van der Waals surface area contributed by atoms with E-state index in [-0.39, 0.29) is 17.1 Å². The topological polar surface area (TPSA) is 66.7 Å². The summed E-state index contributed by atoms with van der Waals surface area (Å²) >= 11 is 0. The van der Waals surface area contributed by atoms with E-state index >= 15 is 0 Å². The number of rotatable bonds is 5. The van der Waals surface area contributed by atoms with Crippen molar-refractivity contribution in [3.8, 4) is 0 Å². The first-order chi connectivity index (χ1) is 13.5. The largest absolute Gasteiger partial charge is 0.450 e. The molecule has 0 fully saturated rings. The van der Waals surface area contributed by atoms with Gasteiger partial charge in [0.15, 0.2) is 5.43 Å². The number of benzene rings is 1. The van der Waals surface area contributed by atoms with Crippen molar-refractivity contribution in [1.29, 1.82) is 0 Å². The van der Waals surface area contributed by atoms with Gasteiger partial charge in [0.1, 0.15) is 11.6 Å². The highest BCUT2D eigenvalue weighted by atomic mass is 16.3. The maximum Gasteiger partial charge on any atom is 0.291 e. The van der Waals surface area contributed by atoms with Crippen LogP contribution in [0.25, 0.3) is 11.0 Å². The lowest BCUT2D eigenvalue weighted by molar-refractivity contribution is 0.0714. The molecular formula is C22H23N3O3. The average molecular weight is 377 g/mol. The van der Waals surface area contributed by atoms with Crippen LogP contribution in [0.5, 0.6) is 0 Å². The molecule has 0 spiro atoms. The number of amides is 1. The molecule has 28 heavy (non-hydrogen) atoms. The quantitative estimate of drug-likeness (QED) is 0.684. The highest BCUT2D eigenvalue weighted by Crippen LogP contribution is 2.37. The molecule has 1 amide bonds. The SMILES string of the molecule is CCc1ccc2oc3c(c(=O)c2c1)C(c1ccccn1)N(CCN(C)C)C3=O. The fraction of sp³-hybridized carbons (Fsp3) is 0.318. The number of fused-ring (bicyclic) bond motifs is 2. The molecule has 3 heterocycles. The first-order valence-corrected chi connectivity index (χ1v) is 9.47. The summed E-state index contributed by atoms with van der Waals surface area (Å²) in [6, 6.07) is 10.6. The maximum absolute atomic E-state index is 13.4. The Morgan fingerprint density at radius 3 is 2.68 bits per heavy atom. The highest BCUT2D eigenvalue weighted by Gasteiger charge is 2.43. The van der Waals surface area contributed by atoms with Crippen molar-refractivity contribution in [2.75, 3.05) is 27.2 Å². The van der Waals surface area contributed by atoms with Crippen LogP contribution in [0, 0.1) is 0 Å². The number of hydrogen-bond donors (Lipinski definition) is 0. The number of pyridine rings is 1. The Labute approximate surface area is 163 Å². The molecular weight excluding hydrogens is 354 g/mol. The molecule has 6 heteroatoms. The van der Waals surface area contributed by atoms with E-state index in [1.165, 1.54) is 0 Å². The van der Waals surface area contributed by atoms with E-state index in [4.69, 9.17) is 4.42 Å². The molecule has 1 atom stereocenters. The van der Waals surface area contributed by atoms with Crippen LogP contribution in [0.15, 0.2) is 51.8 Å². The molecule has 3 aromatic rings. The number of likely N-dealkylation sites (N-methyl/N-ethyl adjacent to an activating group) is 1. The number of aromatic nitrogens is 1. The normalized spacial score (nSPS) is 16.2. The number of nitrogens with zero attached hydrogens (tertiary/aromatic N) is 3. The van der Waals surface area contributed by atoms with Gasteiger partial charge in [0.05, 0.1) is 16.6 Å². The van der Waals surface area contributed by atoms with Crippen molar-refractivity contribution in [3.63, 3.8) is 0 Å². The summed E-state index contributed by atoms with van der Waals surface area (Å²) in [5.74, 6) is -0.123. The Balaban J connectivity index is 1.94. The molecule has 0 saturated heterocycles. The van der Waals surface area contributed by atoms with Crippen LogP contribution >= 0.6 is 0 Å². The van der Waals surface area contributed by atoms with E-state index in [0.717, 1.165) is 12.0 Å². The van der Waals surface area contributed by atoms with Gasteiger partial charge < -0.3 is 14.2 Å². The molecule has 0 radical (unpaired) electrons. The average Bonchev–Trinajstić information content (AvgIpc) is 2.99. The van der Waals surface area contributed by atoms with E-state index in [2.05, 4.69) is 4.98 Å². The van der Waals surface area contributed by atoms with Gasteiger partial charge in [-0.3, -0.25) is 14.6 Å². The molecule has 1 aliphatic rings. The number of aryl methyl sites for hydroxylation is 1. The molecule has 0 bridgehead atoms. The highest BCUT2D eigenvalue weighted by molar-refractivity contribution is 5.99. The molecule has 1 aromatic carbocycles. The van der Waals surface area contributed by atoms with Crippen LogP contribution in [-0.2, 0) is 6.42 Å². The van der Waals surface area contributed by atoms with Crippen LogP contribution in [0.4, 0.5) is 0 Å². The van der Waals surface area contributed by atoms with Gasteiger partial charge in [-0.1, -0.05) is 19.1 Å². The summed E-state index contributed by atoms with van der Waals surface area (Å²) in [7, 11) is 3.90. The van der Waals surface area contributed by atoms with Gasteiger partial charge in [-0.05, 0) is 50.3 Å². The molecule has 144 valence electrons. The lowest BCUT2D eigenvalue weighted by Crippen LogP contribution is -2.35. The Hall–Kier alpha value is -2.99. The fourth-order valence-corrected chi connectivity index (χ4v) is 3.67. The fourth-order valence-electron chi connectivity index (χ4n) is 3.67. The van der Waals surface area contributed by atoms with Crippen molar-refractivity contribution in [3.05, 3.63) is 75.4 Å². The van der Waals surface area contributed by atoms with Crippen LogP contribution in [0.3, 0.4) is 0 Å². The van der Waals surface area contributed by atoms with Crippen LogP contribution in [0.2, 0.25) is 0 Å². The minimum atomic E-state index is -0.533. The van der Waals surface area contributed by atoms with E-state index in [1.54, 1.807) is 17.2 Å². The van der Waals surface area contributed by atoms with E-state index in [9.17, 15) is 9.59 Å². The predicted molar refractivity (Wildman–Crippen MR) is 108 cm³/mol. The lowest BCUT2D eigenvalue weighted by Gasteiger charge is -2.25. The van der Waals surface area contributed by atoms with Crippen LogP contribution in [-0.4, -0.2) is 47.9 Å². The maximum atomic E-state index is 13.4. The monoisotopic (exact) mass is 377 g/mol. The van der Waals surface area contributed by atoms with Crippen molar-refractivity contribution in [2.24, 2.45) is 0 Å². The first kappa shape index (κ1) is 18.4. The summed E-state index contributed by atoms with van der Waals surface area (Å²) in [5.41, 5.74) is 2.42. The molecule has 1 unspecified atom stereocenters. The summed E-state index contributed by atoms with van der Waals surface area (Å²) in [5, 5.41) is 0.515. The zero-order valence-corrected chi connectivity index (χ0v) is 16.3. The lowest BCUT2D eigenvalue weighted by atomic mass is 10.0. The first-order valence-electron chi connectivity index (χ1n) is 9.47. The smallest absolute Gasteiger partial charge is 0.291 e. The molecule has 0 N–H and O–H groups in total. The van der Waals surface area contributed by atoms with Gasteiger partial charge in [0.25, 0.3) is 5.91 Å². The van der Waals surface area contributed by atoms with Crippen molar-refractivity contribution < 1.29 is 9.21 Å². The zero-order valence-electron chi connectivity index (χ0n) is 16.3. The number of carbonyl (C=O) groups is 1. The van der Waals surface area contributed by atoms with Crippen LogP contribution in [0.1, 0.15) is 40.3 Å².